The summed E-state index contributed by atoms with van der Waals surface area (Å²) in [6, 6.07) is 16.2. The largest absolute Gasteiger partial charge is 0.383 e. The zero-order valence-corrected chi connectivity index (χ0v) is 21.1. The van der Waals surface area contributed by atoms with Gasteiger partial charge < -0.3 is 5.73 Å². The lowest BCUT2D eigenvalue weighted by molar-refractivity contribution is -0.461. The van der Waals surface area contributed by atoms with Crippen LogP contribution in [0.3, 0.4) is 0 Å². The van der Waals surface area contributed by atoms with E-state index in [0.717, 1.165) is 41.0 Å². The number of imidazole rings is 1. The maximum atomic E-state index is 6.32. The minimum Gasteiger partial charge on any atom is -0.383 e. The molecule has 39 heavy (non-hydrogen) atoms. The molecule has 10 heteroatoms. The number of aryl methyl sites for hydroxylation is 1. The predicted octanol–water partition coefficient (Wildman–Crippen LogP) is 5.00. The van der Waals surface area contributed by atoms with E-state index in [1.165, 1.54) is 24.0 Å². The van der Waals surface area contributed by atoms with Gasteiger partial charge in [-0.15, -0.1) is 4.68 Å². The molecule has 1 atom stereocenters. The molecule has 4 aromatic heterocycles. The summed E-state index contributed by atoms with van der Waals surface area (Å²) >= 11 is 0. The van der Waals surface area contributed by atoms with E-state index in [-0.39, 0.29) is 0 Å². The van der Waals surface area contributed by atoms with Crippen LogP contribution >= 0.6 is 0 Å². The number of hydrogen-bond acceptors (Lipinski definition) is 7. The smallest absolute Gasteiger partial charge is 0.224 e. The van der Waals surface area contributed by atoms with Crippen molar-refractivity contribution in [3.05, 3.63) is 90.1 Å². The number of anilines is 1. The molecule has 8 rings (SSSR count). The van der Waals surface area contributed by atoms with Gasteiger partial charge >= 0.3 is 0 Å². The Hall–Kier alpha value is -4.99. The van der Waals surface area contributed by atoms with E-state index < -0.39 is 0 Å². The fourth-order valence-corrected chi connectivity index (χ4v) is 5.56. The van der Waals surface area contributed by atoms with Crippen molar-refractivity contribution in [1.29, 1.82) is 0 Å². The Morgan fingerprint density at radius 2 is 1.95 bits per heavy atom. The fraction of sp³-hybridized carbons (Fsp3) is 0.207. The number of nitrogens with zero attached hydrogens (tertiary/aromatic N) is 9. The van der Waals surface area contributed by atoms with Gasteiger partial charge in [0.25, 0.3) is 0 Å². The van der Waals surface area contributed by atoms with Crippen molar-refractivity contribution in [2.45, 2.75) is 31.6 Å². The molecule has 5 heterocycles. The maximum Gasteiger partial charge on any atom is 0.224 e. The van der Waals surface area contributed by atoms with Crippen LogP contribution in [0.5, 0.6) is 0 Å². The first kappa shape index (κ1) is 22.0. The van der Waals surface area contributed by atoms with E-state index in [0.29, 0.717) is 29.3 Å². The summed E-state index contributed by atoms with van der Waals surface area (Å²) in [5.74, 6) is 2.74. The van der Waals surface area contributed by atoms with Crippen molar-refractivity contribution in [3.63, 3.8) is 0 Å². The number of rotatable bonds is 5. The first-order valence-electron chi connectivity index (χ1n) is 13.2. The van der Waals surface area contributed by atoms with Crippen molar-refractivity contribution >= 4 is 23.2 Å². The molecule has 190 valence electrons. The third-order valence-corrected chi connectivity index (χ3v) is 7.67. The first-order valence-corrected chi connectivity index (χ1v) is 13.2. The number of pyridine rings is 2. The lowest BCUT2D eigenvalue weighted by Gasteiger charge is -2.13. The average Bonchev–Trinajstić information content (AvgIpc) is 3.35. The van der Waals surface area contributed by atoms with Gasteiger partial charge in [0, 0.05) is 36.1 Å². The van der Waals surface area contributed by atoms with Gasteiger partial charge in [0.15, 0.2) is 23.5 Å². The zero-order chi connectivity index (χ0) is 25.9. The minimum absolute atomic E-state index is 0.292. The van der Waals surface area contributed by atoms with Crippen molar-refractivity contribution < 1.29 is 4.68 Å². The highest BCUT2D eigenvalue weighted by molar-refractivity contribution is 5.83. The minimum atomic E-state index is 0.292. The third-order valence-electron chi connectivity index (χ3n) is 7.67. The van der Waals surface area contributed by atoms with Gasteiger partial charge in [0.1, 0.15) is 22.8 Å². The monoisotopic (exact) mass is 513 g/mol. The van der Waals surface area contributed by atoms with E-state index in [4.69, 9.17) is 15.7 Å². The second-order valence-electron chi connectivity index (χ2n) is 10.2. The zero-order valence-electron chi connectivity index (χ0n) is 21.1. The molecule has 1 fully saturated rings. The van der Waals surface area contributed by atoms with Crippen LogP contribution in [0.25, 0.3) is 34.1 Å². The van der Waals surface area contributed by atoms with Gasteiger partial charge in [-0.2, -0.15) is 5.10 Å². The number of fused-ring (bicyclic) bond motifs is 2. The van der Waals surface area contributed by atoms with Crippen LogP contribution < -0.4 is 5.73 Å². The standard InChI is InChI=1S/C29H25N10/c30-27-23(3-1-12-31-27)28-33-24-10-11-26(38-14-2-13-32-38)34-29(24)39(28)21-8-9-22-19(15-21)6-7-20(22)16-37-17-25(35-36-37)18-4-5-18/h1-3,8-18,20H,4-7H2,(H2,30,31)/q+1/b37-16+. The summed E-state index contributed by atoms with van der Waals surface area (Å²) in [5, 5.41) is 13.1. The highest BCUT2D eigenvalue weighted by Crippen LogP contribution is 2.39. The number of aromatic nitrogens is 6. The molecule has 0 saturated heterocycles. The van der Waals surface area contributed by atoms with Crippen molar-refractivity contribution in [2.24, 2.45) is 16.3 Å². The Kier molecular flexibility index (Phi) is 4.81. The Morgan fingerprint density at radius 3 is 2.79 bits per heavy atom. The van der Waals surface area contributed by atoms with Crippen LogP contribution in [-0.4, -0.2) is 40.2 Å². The molecular weight excluding hydrogens is 488 g/mol. The second kappa shape index (κ2) is 8.52. The van der Waals surface area contributed by atoms with Crippen molar-refractivity contribution in [1.82, 2.24) is 29.3 Å². The van der Waals surface area contributed by atoms with Gasteiger partial charge in [0.05, 0.1) is 10.7 Å². The molecule has 1 unspecified atom stereocenters. The summed E-state index contributed by atoms with van der Waals surface area (Å²) in [4.78, 5) is 14.2. The molecule has 2 N–H and O–H groups in total. The molecule has 0 radical (unpaired) electrons. The highest BCUT2D eigenvalue weighted by Gasteiger charge is 2.35. The topological polar surface area (TPSA) is 115 Å². The lowest BCUT2D eigenvalue weighted by atomic mass is 10.0. The lowest BCUT2D eigenvalue weighted by Crippen LogP contribution is -2.05. The molecular formula is C29H25N10+. The molecule has 0 bridgehead atoms. The quantitative estimate of drug-likeness (QED) is 0.332. The molecule has 1 aromatic carbocycles. The van der Waals surface area contributed by atoms with Gasteiger partial charge in [-0.1, -0.05) is 6.07 Å². The summed E-state index contributed by atoms with van der Waals surface area (Å²) in [6.45, 7) is 0. The van der Waals surface area contributed by atoms with Crippen LogP contribution in [0.2, 0.25) is 0 Å². The molecule has 3 aliphatic rings. The summed E-state index contributed by atoms with van der Waals surface area (Å²) < 4.78 is 5.72. The van der Waals surface area contributed by atoms with E-state index in [1.807, 2.05) is 41.2 Å². The van der Waals surface area contributed by atoms with Crippen LogP contribution in [0.4, 0.5) is 5.82 Å². The summed E-state index contributed by atoms with van der Waals surface area (Å²) in [6.07, 6.45) is 14.0. The number of hydrogen-bond donors (Lipinski definition) is 1. The summed E-state index contributed by atoms with van der Waals surface area (Å²) in [7, 11) is 0. The normalized spacial score (nSPS) is 19.2. The van der Waals surface area contributed by atoms with E-state index in [9.17, 15) is 0 Å². The Balaban J connectivity index is 1.24. The van der Waals surface area contributed by atoms with E-state index in [1.54, 1.807) is 17.1 Å². The predicted molar refractivity (Wildman–Crippen MR) is 147 cm³/mol. The molecule has 2 aliphatic carbocycles. The van der Waals surface area contributed by atoms with Crippen LogP contribution in [0, 0.1) is 5.92 Å². The molecule has 5 aromatic rings. The van der Waals surface area contributed by atoms with Crippen LogP contribution in [0.1, 0.15) is 36.3 Å². The number of benzene rings is 1. The van der Waals surface area contributed by atoms with E-state index >= 15 is 0 Å². The Morgan fingerprint density at radius 1 is 1.00 bits per heavy atom. The third kappa shape index (κ3) is 3.75. The molecule has 0 spiro atoms. The number of nitrogen functional groups attached to an aromatic ring is 1. The van der Waals surface area contributed by atoms with Crippen molar-refractivity contribution in [2.75, 3.05) is 5.73 Å². The van der Waals surface area contributed by atoms with Gasteiger partial charge in [0.2, 0.25) is 5.70 Å². The molecule has 1 aliphatic heterocycles. The first-order chi connectivity index (χ1) is 19.2. The van der Waals surface area contributed by atoms with Crippen molar-refractivity contribution in [3.8, 4) is 22.9 Å². The number of allylic oxidation sites excluding steroid dienone is 1. The van der Waals surface area contributed by atoms with E-state index in [2.05, 4.69) is 55.6 Å². The second-order valence-corrected chi connectivity index (χ2v) is 10.2. The van der Waals surface area contributed by atoms with Gasteiger partial charge in [-0.3, -0.25) is 4.57 Å². The van der Waals surface area contributed by atoms with Crippen LogP contribution in [0.15, 0.2) is 89.4 Å². The Labute approximate surface area is 223 Å². The van der Waals surface area contributed by atoms with Gasteiger partial charge in [-0.05, 0) is 79.3 Å². The fourth-order valence-electron chi connectivity index (χ4n) is 5.56. The molecule has 1 saturated carbocycles. The molecule has 0 amide bonds. The summed E-state index contributed by atoms with van der Waals surface area (Å²) in [5.41, 5.74) is 13.3. The SMILES string of the molecule is Nc1ncccc1-c1nc2ccc(-n3cccn3)nc2n1-c1ccc2c(c1)CCC2/C=[N+]1\C=C(C2CC2)N=N1. The highest BCUT2D eigenvalue weighted by atomic mass is 15.5. The maximum absolute atomic E-state index is 6.32. The Bertz CT molecular complexity index is 1840. The van der Waals surface area contributed by atoms with Crippen LogP contribution in [-0.2, 0) is 6.42 Å². The average molecular weight is 514 g/mol. The molecule has 10 nitrogen and oxygen atoms in total. The van der Waals surface area contributed by atoms with Gasteiger partial charge in [-0.25, -0.2) is 19.6 Å². The number of nitrogens with two attached hydrogens (primary N) is 1.